The van der Waals surface area contributed by atoms with Crippen molar-refractivity contribution in [1.29, 1.82) is 0 Å². The van der Waals surface area contributed by atoms with Crippen LogP contribution in [0.4, 0.5) is 0 Å². The highest BCUT2D eigenvalue weighted by Crippen LogP contribution is 2.63. The summed E-state index contributed by atoms with van der Waals surface area (Å²) < 4.78 is 10.9. The molecule has 0 bridgehead atoms. The van der Waals surface area contributed by atoms with E-state index in [0.29, 0.717) is 38.9 Å². The summed E-state index contributed by atoms with van der Waals surface area (Å²) in [4.78, 5) is 25.8. The number of allylic oxidation sites excluding steroid dienone is 4. The van der Waals surface area contributed by atoms with Crippen molar-refractivity contribution in [3.8, 4) is 11.1 Å². The van der Waals surface area contributed by atoms with Crippen LogP contribution in [0.25, 0.3) is 16.7 Å². The van der Waals surface area contributed by atoms with Crippen LogP contribution in [-0.2, 0) is 29.9 Å². The van der Waals surface area contributed by atoms with Gasteiger partial charge in [-0.1, -0.05) is 84.9 Å². The topological polar surface area (TPSA) is 52.6 Å². The molecule has 3 aliphatic rings. The van der Waals surface area contributed by atoms with Crippen molar-refractivity contribution in [2.45, 2.75) is 69.6 Å². The van der Waals surface area contributed by atoms with Crippen molar-refractivity contribution < 1.29 is 19.1 Å². The highest BCUT2D eigenvalue weighted by atomic mass is 16.5. The molecule has 1 atom stereocenters. The van der Waals surface area contributed by atoms with Crippen LogP contribution in [-0.4, -0.2) is 25.2 Å². The van der Waals surface area contributed by atoms with E-state index in [1.54, 1.807) is 0 Å². The molecule has 3 aromatic rings. The predicted octanol–water partition coefficient (Wildman–Crippen LogP) is 8.09. The molecule has 0 aliphatic heterocycles. The van der Waals surface area contributed by atoms with Gasteiger partial charge in [0.1, 0.15) is 0 Å². The molecule has 1 unspecified atom stereocenters. The zero-order chi connectivity index (χ0) is 28.5. The van der Waals surface area contributed by atoms with Crippen LogP contribution in [0.1, 0.15) is 81.0 Å². The molecule has 0 amide bonds. The third-order valence-corrected chi connectivity index (χ3v) is 9.30. The highest BCUT2D eigenvalue weighted by molar-refractivity contribution is 5.91. The van der Waals surface area contributed by atoms with Crippen LogP contribution in [0.2, 0.25) is 0 Å². The summed E-state index contributed by atoms with van der Waals surface area (Å²) in [7, 11) is 0. The smallest absolute Gasteiger partial charge is 0.305 e. The first kappa shape index (κ1) is 27.3. The van der Waals surface area contributed by atoms with Gasteiger partial charge in [0.15, 0.2) is 0 Å². The summed E-state index contributed by atoms with van der Waals surface area (Å²) >= 11 is 0. The van der Waals surface area contributed by atoms with E-state index >= 15 is 0 Å². The Morgan fingerprint density at radius 1 is 0.634 bits per heavy atom. The van der Waals surface area contributed by atoms with E-state index in [2.05, 4.69) is 84.9 Å². The fourth-order valence-corrected chi connectivity index (χ4v) is 7.79. The minimum Gasteiger partial charge on any atom is -0.466 e. The fraction of sp³-hybridized carbons (Fsp3) is 0.351. The Bertz CT molecular complexity index is 1500. The van der Waals surface area contributed by atoms with E-state index in [4.69, 9.17) is 9.47 Å². The van der Waals surface area contributed by atoms with Gasteiger partial charge in [0.2, 0.25) is 0 Å². The molecule has 0 radical (unpaired) electrons. The van der Waals surface area contributed by atoms with Crippen molar-refractivity contribution >= 4 is 17.5 Å². The van der Waals surface area contributed by atoms with Gasteiger partial charge in [0, 0.05) is 23.7 Å². The van der Waals surface area contributed by atoms with E-state index in [0.717, 1.165) is 19.3 Å². The molecule has 0 fully saturated rings. The maximum absolute atomic E-state index is 12.9. The highest BCUT2D eigenvalue weighted by Gasteiger charge is 2.54. The van der Waals surface area contributed by atoms with Gasteiger partial charge in [-0.3, -0.25) is 9.59 Å². The van der Waals surface area contributed by atoms with Crippen molar-refractivity contribution in [3.05, 3.63) is 113 Å². The zero-order valence-electron chi connectivity index (χ0n) is 24.1. The first-order valence-electron chi connectivity index (χ1n) is 15.1. The molecule has 3 aromatic carbocycles. The average molecular weight is 547 g/mol. The Kier molecular flexibility index (Phi) is 7.42. The molecule has 0 spiro atoms. The van der Waals surface area contributed by atoms with Crippen molar-refractivity contribution in [2.24, 2.45) is 0 Å². The number of carbonyl (C=O) groups excluding carboxylic acids is 2. The zero-order valence-corrected chi connectivity index (χ0v) is 24.1. The molecular weight excluding hydrogens is 508 g/mol. The molecule has 210 valence electrons. The summed E-state index contributed by atoms with van der Waals surface area (Å²) in [6.07, 6.45) is 9.49. The molecule has 3 aliphatic carbocycles. The van der Waals surface area contributed by atoms with E-state index in [9.17, 15) is 9.59 Å². The summed E-state index contributed by atoms with van der Waals surface area (Å²) in [5.41, 5.74) is 9.30. The van der Waals surface area contributed by atoms with Gasteiger partial charge < -0.3 is 9.47 Å². The molecule has 6 rings (SSSR count). The molecule has 4 heteroatoms. The Hall–Kier alpha value is -3.92. The van der Waals surface area contributed by atoms with E-state index in [-0.39, 0.29) is 11.9 Å². The number of hydrogen-bond acceptors (Lipinski definition) is 4. The lowest BCUT2D eigenvalue weighted by Gasteiger charge is -2.43. The summed E-state index contributed by atoms with van der Waals surface area (Å²) in [6.45, 7) is 4.47. The van der Waals surface area contributed by atoms with Gasteiger partial charge in [0.05, 0.1) is 13.2 Å². The standard InChI is InChI=1S/C37H38O4/c1-3-40-34(38)21-23-36(30-17-9-5-13-26(30)27-14-6-10-18-31(27)36)25-37(24-22-35(39)41-4-2)32-19-11-7-15-28(32)29-16-8-12-20-33(29)37/h5-7,9-11,13-20H,3-4,8,12,21-25H2,1-2H3. The summed E-state index contributed by atoms with van der Waals surface area (Å²) in [6, 6.07) is 26.1. The molecule has 0 heterocycles. The van der Waals surface area contributed by atoms with Crippen LogP contribution >= 0.6 is 0 Å². The second-order valence-electron chi connectivity index (χ2n) is 11.4. The van der Waals surface area contributed by atoms with Crippen LogP contribution < -0.4 is 0 Å². The molecular formula is C37H38O4. The van der Waals surface area contributed by atoms with E-state index < -0.39 is 10.8 Å². The van der Waals surface area contributed by atoms with Crippen LogP contribution in [0, 0.1) is 0 Å². The lowest BCUT2D eigenvalue weighted by atomic mass is 9.59. The molecule has 4 nitrogen and oxygen atoms in total. The third kappa shape index (κ3) is 4.54. The van der Waals surface area contributed by atoms with Gasteiger partial charge in [-0.05, 0) is 90.5 Å². The number of esters is 2. The normalized spacial score (nSPS) is 19.3. The molecule has 41 heavy (non-hydrogen) atoms. The maximum atomic E-state index is 12.9. The van der Waals surface area contributed by atoms with Crippen molar-refractivity contribution in [3.63, 3.8) is 0 Å². The lowest BCUT2D eigenvalue weighted by Crippen LogP contribution is -2.39. The predicted molar refractivity (Wildman–Crippen MR) is 162 cm³/mol. The Morgan fingerprint density at radius 3 is 1.66 bits per heavy atom. The summed E-state index contributed by atoms with van der Waals surface area (Å²) in [5, 5.41) is 0. The minimum atomic E-state index is -0.435. The molecule has 0 N–H and O–H groups in total. The number of ether oxygens (including phenoxy) is 2. The van der Waals surface area contributed by atoms with Gasteiger partial charge in [0.25, 0.3) is 0 Å². The Balaban J connectivity index is 1.57. The van der Waals surface area contributed by atoms with E-state index in [1.807, 2.05) is 13.8 Å². The largest absolute Gasteiger partial charge is 0.466 e. The van der Waals surface area contributed by atoms with Gasteiger partial charge in [-0.25, -0.2) is 0 Å². The summed E-state index contributed by atoms with van der Waals surface area (Å²) in [5.74, 6) is -0.329. The fourth-order valence-electron chi connectivity index (χ4n) is 7.79. The number of fused-ring (bicyclic) bond motifs is 6. The Morgan fingerprint density at radius 2 is 1.10 bits per heavy atom. The number of hydrogen-bond donors (Lipinski definition) is 0. The number of benzene rings is 3. The second kappa shape index (κ2) is 11.2. The molecule has 0 saturated carbocycles. The third-order valence-electron chi connectivity index (χ3n) is 9.30. The van der Waals surface area contributed by atoms with Crippen LogP contribution in [0.15, 0.2) is 90.5 Å². The first-order chi connectivity index (χ1) is 20.0. The van der Waals surface area contributed by atoms with Gasteiger partial charge >= 0.3 is 11.9 Å². The van der Waals surface area contributed by atoms with E-state index in [1.165, 1.54) is 44.5 Å². The van der Waals surface area contributed by atoms with Gasteiger partial charge in [-0.2, -0.15) is 0 Å². The second-order valence-corrected chi connectivity index (χ2v) is 11.4. The number of carbonyl (C=O) groups is 2. The molecule has 0 saturated heterocycles. The SMILES string of the molecule is CCOC(=O)CCC1(CC2(CCC(=O)OCC)c3ccccc3-c3ccccc32)C2=CCCC=C2c2ccccc21. The van der Waals surface area contributed by atoms with Gasteiger partial charge in [-0.15, -0.1) is 0 Å². The van der Waals surface area contributed by atoms with Crippen LogP contribution in [0.5, 0.6) is 0 Å². The monoisotopic (exact) mass is 546 g/mol. The molecule has 0 aromatic heterocycles. The van der Waals surface area contributed by atoms with Crippen LogP contribution in [0.3, 0.4) is 0 Å². The van der Waals surface area contributed by atoms with Crippen molar-refractivity contribution in [2.75, 3.05) is 13.2 Å². The number of rotatable bonds is 10. The van der Waals surface area contributed by atoms with Crippen molar-refractivity contribution in [1.82, 2.24) is 0 Å². The average Bonchev–Trinajstić information content (AvgIpc) is 3.44. The Labute approximate surface area is 243 Å². The first-order valence-corrected chi connectivity index (χ1v) is 15.1. The minimum absolute atomic E-state index is 0.161. The lowest BCUT2D eigenvalue weighted by molar-refractivity contribution is -0.144. The quantitative estimate of drug-likeness (QED) is 0.241. The maximum Gasteiger partial charge on any atom is 0.305 e.